The van der Waals surface area contributed by atoms with Gasteiger partial charge in [0.05, 0.1) is 44.2 Å². The molecular formula is C19H36O4Si. The van der Waals surface area contributed by atoms with E-state index in [0.717, 1.165) is 36.0 Å². The van der Waals surface area contributed by atoms with E-state index in [1.165, 1.54) is 0 Å². The normalized spacial score (nSPS) is 10.8. The number of allylic oxidation sites excluding steroid dienone is 3. The van der Waals surface area contributed by atoms with Crippen molar-refractivity contribution in [3.8, 4) is 0 Å². The fraction of sp³-hybridized carbons (Fsp3) is 0.684. The Morgan fingerprint density at radius 1 is 0.667 bits per heavy atom. The Bertz CT molecular complexity index is 355. The SMILES string of the molecule is CC(C)=COCCC(CCOC=C(C)C)(CCOC=C(C)C)O[SiH3]. The van der Waals surface area contributed by atoms with Crippen molar-refractivity contribution >= 4 is 10.5 Å². The highest BCUT2D eigenvalue weighted by Gasteiger charge is 2.29. The Labute approximate surface area is 151 Å². The van der Waals surface area contributed by atoms with Gasteiger partial charge in [-0.05, 0) is 58.3 Å². The highest BCUT2D eigenvalue weighted by atomic mass is 28.2. The molecule has 0 unspecified atom stereocenters. The molecule has 0 aliphatic heterocycles. The van der Waals surface area contributed by atoms with E-state index in [4.69, 9.17) is 18.6 Å². The summed E-state index contributed by atoms with van der Waals surface area (Å²) in [5.41, 5.74) is 3.23. The molecule has 4 nitrogen and oxygen atoms in total. The van der Waals surface area contributed by atoms with E-state index in [2.05, 4.69) is 0 Å². The molecule has 0 aromatic carbocycles. The molecule has 0 bridgehead atoms. The van der Waals surface area contributed by atoms with Crippen LogP contribution in [-0.2, 0) is 18.6 Å². The topological polar surface area (TPSA) is 36.9 Å². The first-order valence-corrected chi connectivity index (χ1v) is 9.43. The molecule has 0 aromatic heterocycles. The van der Waals surface area contributed by atoms with Gasteiger partial charge in [-0.1, -0.05) is 0 Å². The number of hydrogen-bond donors (Lipinski definition) is 0. The van der Waals surface area contributed by atoms with Gasteiger partial charge in [0.1, 0.15) is 10.5 Å². The molecule has 0 atom stereocenters. The second kappa shape index (κ2) is 13.1. The first-order chi connectivity index (χ1) is 11.3. The highest BCUT2D eigenvalue weighted by molar-refractivity contribution is 5.98. The smallest absolute Gasteiger partial charge is 0.146 e. The van der Waals surface area contributed by atoms with Crippen LogP contribution in [0.3, 0.4) is 0 Å². The second-order valence-electron chi connectivity index (χ2n) is 6.84. The van der Waals surface area contributed by atoms with Crippen molar-refractivity contribution in [2.45, 2.75) is 66.4 Å². The van der Waals surface area contributed by atoms with Crippen molar-refractivity contribution < 1.29 is 18.6 Å². The van der Waals surface area contributed by atoms with Crippen molar-refractivity contribution in [2.24, 2.45) is 0 Å². The Balaban J connectivity index is 4.63. The Hall–Kier alpha value is -1.20. The van der Waals surface area contributed by atoms with Crippen LogP contribution < -0.4 is 0 Å². The Morgan fingerprint density at radius 2 is 0.958 bits per heavy atom. The maximum atomic E-state index is 6.00. The lowest BCUT2D eigenvalue weighted by molar-refractivity contribution is -0.000571. The predicted octanol–water partition coefficient (Wildman–Crippen LogP) is 4.01. The molecule has 0 N–H and O–H groups in total. The van der Waals surface area contributed by atoms with E-state index in [0.29, 0.717) is 30.3 Å². The van der Waals surface area contributed by atoms with Crippen LogP contribution in [0.25, 0.3) is 0 Å². The van der Waals surface area contributed by atoms with Gasteiger partial charge in [-0.3, -0.25) is 0 Å². The summed E-state index contributed by atoms with van der Waals surface area (Å²) in [7, 11) is 0.678. The highest BCUT2D eigenvalue weighted by Crippen LogP contribution is 2.25. The summed E-state index contributed by atoms with van der Waals surface area (Å²) in [5, 5.41) is 0. The number of ether oxygens (including phenoxy) is 3. The molecule has 0 fully saturated rings. The van der Waals surface area contributed by atoms with E-state index >= 15 is 0 Å². The maximum Gasteiger partial charge on any atom is 0.146 e. The quantitative estimate of drug-likeness (QED) is 0.284. The van der Waals surface area contributed by atoms with E-state index in [-0.39, 0.29) is 5.60 Å². The zero-order chi connectivity index (χ0) is 18.4. The predicted molar refractivity (Wildman–Crippen MR) is 104 cm³/mol. The number of rotatable bonds is 13. The minimum atomic E-state index is -0.243. The maximum absolute atomic E-state index is 6.00. The van der Waals surface area contributed by atoms with E-state index in [1.54, 1.807) is 18.8 Å². The molecular weight excluding hydrogens is 320 g/mol. The molecule has 0 amide bonds. The average Bonchev–Trinajstić information content (AvgIpc) is 2.51. The summed E-state index contributed by atoms with van der Waals surface area (Å²) in [4.78, 5) is 0. The lowest BCUT2D eigenvalue weighted by atomic mass is 9.93. The van der Waals surface area contributed by atoms with Gasteiger partial charge in [-0.25, -0.2) is 0 Å². The number of hydrogen-bond acceptors (Lipinski definition) is 4. The summed E-state index contributed by atoms with van der Waals surface area (Å²) >= 11 is 0. The van der Waals surface area contributed by atoms with Crippen molar-refractivity contribution in [1.82, 2.24) is 0 Å². The molecule has 0 saturated carbocycles. The van der Waals surface area contributed by atoms with Crippen molar-refractivity contribution in [1.29, 1.82) is 0 Å². The van der Waals surface area contributed by atoms with E-state index in [9.17, 15) is 0 Å². The molecule has 5 heteroatoms. The van der Waals surface area contributed by atoms with Crippen molar-refractivity contribution in [2.75, 3.05) is 19.8 Å². The van der Waals surface area contributed by atoms with Crippen LogP contribution in [-0.4, -0.2) is 35.9 Å². The first kappa shape index (κ1) is 22.8. The van der Waals surface area contributed by atoms with E-state index in [1.807, 2.05) is 41.5 Å². The van der Waals surface area contributed by atoms with Gasteiger partial charge in [0.2, 0.25) is 0 Å². The molecule has 0 aliphatic rings. The van der Waals surface area contributed by atoms with Gasteiger partial charge in [0.15, 0.2) is 0 Å². The lowest BCUT2D eigenvalue weighted by Crippen LogP contribution is -2.36. The summed E-state index contributed by atoms with van der Waals surface area (Å²) in [6.45, 7) is 14.1. The monoisotopic (exact) mass is 356 g/mol. The van der Waals surface area contributed by atoms with Gasteiger partial charge in [0, 0.05) is 19.3 Å². The molecule has 0 radical (unpaired) electrons. The van der Waals surface area contributed by atoms with Crippen LogP contribution in [0.2, 0.25) is 0 Å². The van der Waals surface area contributed by atoms with Gasteiger partial charge in [-0.15, -0.1) is 0 Å². The summed E-state index contributed by atoms with van der Waals surface area (Å²) < 4.78 is 22.8. The largest absolute Gasteiger partial charge is 0.501 e. The fourth-order valence-electron chi connectivity index (χ4n) is 2.09. The standard InChI is InChI=1S/C19H36O4Si/c1-16(2)13-20-10-7-19(23-24,8-11-21-14-17(3)4)9-12-22-15-18(5)6/h13-15H,7-12H2,1-6,24H3. The average molecular weight is 357 g/mol. The molecule has 0 aliphatic carbocycles. The van der Waals surface area contributed by atoms with Gasteiger partial charge < -0.3 is 18.6 Å². The Morgan fingerprint density at radius 3 is 1.17 bits per heavy atom. The third-order valence-electron chi connectivity index (χ3n) is 3.42. The zero-order valence-corrected chi connectivity index (χ0v) is 18.6. The third kappa shape index (κ3) is 12.2. The third-order valence-corrected chi connectivity index (χ3v) is 4.28. The minimum absolute atomic E-state index is 0.243. The summed E-state index contributed by atoms with van der Waals surface area (Å²) in [6, 6.07) is 0. The van der Waals surface area contributed by atoms with Gasteiger partial charge in [-0.2, -0.15) is 0 Å². The molecule has 140 valence electrons. The van der Waals surface area contributed by atoms with Crippen LogP contribution in [0.15, 0.2) is 35.5 Å². The van der Waals surface area contributed by atoms with Crippen LogP contribution in [0.1, 0.15) is 60.8 Å². The first-order valence-electron chi connectivity index (χ1n) is 8.61. The van der Waals surface area contributed by atoms with Gasteiger partial charge in [0.25, 0.3) is 0 Å². The zero-order valence-electron chi connectivity index (χ0n) is 16.6. The molecule has 0 rings (SSSR count). The van der Waals surface area contributed by atoms with Gasteiger partial charge >= 0.3 is 0 Å². The molecule has 0 aromatic rings. The molecule has 0 saturated heterocycles. The van der Waals surface area contributed by atoms with Crippen molar-refractivity contribution in [3.05, 3.63) is 35.5 Å². The lowest BCUT2D eigenvalue weighted by Gasteiger charge is -2.33. The molecule has 24 heavy (non-hydrogen) atoms. The van der Waals surface area contributed by atoms with Crippen LogP contribution in [0, 0.1) is 0 Å². The van der Waals surface area contributed by atoms with E-state index < -0.39 is 0 Å². The van der Waals surface area contributed by atoms with Crippen molar-refractivity contribution in [3.63, 3.8) is 0 Å². The summed E-state index contributed by atoms with van der Waals surface area (Å²) in [5.74, 6) is 0. The minimum Gasteiger partial charge on any atom is -0.501 e. The second-order valence-corrected chi connectivity index (χ2v) is 7.24. The molecule has 0 spiro atoms. The Kier molecular flexibility index (Phi) is 12.5. The summed E-state index contributed by atoms with van der Waals surface area (Å²) in [6.07, 6.45) is 7.90. The van der Waals surface area contributed by atoms with Crippen LogP contribution in [0.4, 0.5) is 0 Å². The molecule has 0 heterocycles. The van der Waals surface area contributed by atoms with Crippen LogP contribution >= 0.6 is 0 Å². The fourth-order valence-corrected chi connectivity index (χ4v) is 2.71. The van der Waals surface area contributed by atoms with Crippen LogP contribution in [0.5, 0.6) is 0 Å².